The van der Waals surface area contributed by atoms with E-state index in [1.165, 1.54) is 18.9 Å². The molecule has 1 aliphatic rings. The van der Waals surface area contributed by atoms with E-state index in [2.05, 4.69) is 11.6 Å². The molecule has 0 aliphatic heterocycles. The fourth-order valence-electron chi connectivity index (χ4n) is 2.53. The van der Waals surface area contributed by atoms with Crippen molar-refractivity contribution in [2.45, 2.75) is 37.0 Å². The second-order valence-electron chi connectivity index (χ2n) is 4.73. The highest BCUT2D eigenvalue weighted by Crippen LogP contribution is 2.33. The Morgan fingerprint density at radius 2 is 2.16 bits per heavy atom. The predicted octanol–water partition coefficient (Wildman–Crippen LogP) is 4.33. The molecule has 1 aliphatic carbocycles. The summed E-state index contributed by atoms with van der Waals surface area (Å²) in [5, 5.41) is 15.4. The number of nitrogens with one attached hydrogen (secondary N) is 1. The molecule has 104 valence electrons. The Kier molecular flexibility index (Phi) is 4.93. The molecule has 0 aromatic heterocycles. The van der Waals surface area contributed by atoms with E-state index in [1.54, 1.807) is 12.1 Å². The number of benzene rings is 1. The third-order valence-electron chi connectivity index (χ3n) is 3.50. The van der Waals surface area contributed by atoms with Gasteiger partial charge in [0.05, 0.1) is 4.92 Å². The number of nitrogens with zero attached hydrogens (tertiary/aromatic N) is 1. The minimum atomic E-state index is -0.365. The molecule has 1 N–H and O–H groups in total. The number of nitro groups is 1. The molecule has 0 radical (unpaired) electrons. The van der Waals surface area contributed by atoms with Gasteiger partial charge in [0.1, 0.15) is 5.69 Å². The highest BCUT2D eigenvalue weighted by atomic mass is 35.5. The summed E-state index contributed by atoms with van der Waals surface area (Å²) in [6.45, 7) is 0. The Bertz CT molecular complexity index is 470. The zero-order chi connectivity index (χ0) is 13.8. The molecule has 2 unspecified atom stereocenters. The van der Waals surface area contributed by atoms with Crippen molar-refractivity contribution in [1.82, 2.24) is 0 Å². The Labute approximate surface area is 122 Å². The molecular weight excluding hydrogens is 284 g/mol. The third kappa shape index (κ3) is 3.54. The van der Waals surface area contributed by atoms with Gasteiger partial charge in [0, 0.05) is 22.4 Å². The molecule has 0 bridgehead atoms. The topological polar surface area (TPSA) is 55.2 Å². The highest BCUT2D eigenvalue weighted by molar-refractivity contribution is 7.99. The molecule has 19 heavy (non-hydrogen) atoms. The molecule has 0 saturated heterocycles. The zero-order valence-corrected chi connectivity index (χ0v) is 12.3. The summed E-state index contributed by atoms with van der Waals surface area (Å²) in [7, 11) is 0. The highest BCUT2D eigenvalue weighted by Gasteiger charge is 2.26. The molecular formula is C13H17ClN2O2S. The van der Waals surface area contributed by atoms with Crippen molar-refractivity contribution in [2.24, 2.45) is 0 Å². The number of thioether (sulfide) groups is 1. The minimum absolute atomic E-state index is 0.0924. The average Bonchev–Trinajstić information content (AvgIpc) is 2.39. The van der Waals surface area contributed by atoms with Crippen molar-refractivity contribution < 1.29 is 4.92 Å². The summed E-state index contributed by atoms with van der Waals surface area (Å²) in [4.78, 5) is 10.7. The smallest absolute Gasteiger partial charge is 0.292 e. The standard InChI is InChI=1S/C13H17ClN2O2S/c1-19-13-5-3-2-4-10(13)15-11-8-9(14)6-7-12(11)16(17)18/h6-8,10,13,15H,2-5H2,1H3. The molecule has 4 nitrogen and oxygen atoms in total. The van der Waals surface area contributed by atoms with Crippen LogP contribution in [0.3, 0.4) is 0 Å². The van der Waals surface area contributed by atoms with Gasteiger partial charge >= 0.3 is 0 Å². The summed E-state index contributed by atoms with van der Waals surface area (Å²) in [6, 6.07) is 4.94. The second kappa shape index (κ2) is 6.48. The lowest BCUT2D eigenvalue weighted by Crippen LogP contribution is -2.34. The molecule has 1 fully saturated rings. The van der Waals surface area contributed by atoms with Crippen LogP contribution in [-0.2, 0) is 0 Å². The monoisotopic (exact) mass is 300 g/mol. The van der Waals surface area contributed by atoms with Gasteiger partial charge in [-0.05, 0) is 31.2 Å². The molecule has 1 aromatic rings. The van der Waals surface area contributed by atoms with E-state index in [-0.39, 0.29) is 16.7 Å². The van der Waals surface area contributed by atoms with Gasteiger partial charge < -0.3 is 5.32 Å². The SMILES string of the molecule is CSC1CCCCC1Nc1cc(Cl)ccc1[N+](=O)[O-]. The first-order chi connectivity index (χ1) is 9.11. The molecule has 1 saturated carbocycles. The zero-order valence-electron chi connectivity index (χ0n) is 10.8. The van der Waals surface area contributed by atoms with Crippen LogP contribution in [-0.4, -0.2) is 22.5 Å². The van der Waals surface area contributed by atoms with Gasteiger partial charge in [-0.1, -0.05) is 24.4 Å². The van der Waals surface area contributed by atoms with Crippen LogP contribution < -0.4 is 5.32 Å². The quantitative estimate of drug-likeness (QED) is 0.664. The van der Waals surface area contributed by atoms with E-state index in [9.17, 15) is 10.1 Å². The largest absolute Gasteiger partial charge is 0.376 e. The number of anilines is 1. The molecule has 6 heteroatoms. The predicted molar refractivity (Wildman–Crippen MR) is 81.3 cm³/mol. The normalized spacial score (nSPS) is 23.1. The fraction of sp³-hybridized carbons (Fsp3) is 0.538. The fourth-order valence-corrected chi connectivity index (χ4v) is 3.63. The number of hydrogen-bond acceptors (Lipinski definition) is 4. The Balaban J connectivity index is 2.21. The van der Waals surface area contributed by atoms with E-state index < -0.39 is 0 Å². The Morgan fingerprint density at radius 3 is 2.84 bits per heavy atom. The van der Waals surface area contributed by atoms with E-state index in [1.807, 2.05) is 11.8 Å². The lowest BCUT2D eigenvalue weighted by atomic mass is 9.94. The number of rotatable bonds is 4. The van der Waals surface area contributed by atoms with Crippen LogP contribution in [0.2, 0.25) is 5.02 Å². The number of halogens is 1. The van der Waals surface area contributed by atoms with Gasteiger partial charge in [-0.3, -0.25) is 10.1 Å². The molecule has 0 spiro atoms. The number of hydrogen-bond donors (Lipinski definition) is 1. The van der Waals surface area contributed by atoms with Crippen molar-refractivity contribution in [3.8, 4) is 0 Å². The van der Waals surface area contributed by atoms with Crippen LogP contribution >= 0.6 is 23.4 Å². The van der Waals surface area contributed by atoms with E-state index >= 15 is 0 Å². The van der Waals surface area contributed by atoms with Crippen molar-refractivity contribution in [1.29, 1.82) is 0 Å². The first-order valence-corrected chi connectivity index (χ1v) is 8.01. The lowest BCUT2D eigenvalue weighted by Gasteiger charge is -2.31. The summed E-state index contributed by atoms with van der Waals surface area (Å²) >= 11 is 7.77. The first-order valence-electron chi connectivity index (χ1n) is 6.35. The van der Waals surface area contributed by atoms with Crippen molar-refractivity contribution >= 4 is 34.7 Å². The third-order valence-corrected chi connectivity index (χ3v) is 4.91. The Morgan fingerprint density at radius 1 is 1.42 bits per heavy atom. The lowest BCUT2D eigenvalue weighted by molar-refractivity contribution is -0.384. The first kappa shape index (κ1) is 14.5. The summed E-state index contributed by atoms with van der Waals surface area (Å²) < 4.78 is 0. The molecule has 1 aromatic carbocycles. The van der Waals surface area contributed by atoms with Crippen molar-refractivity contribution in [3.63, 3.8) is 0 Å². The summed E-state index contributed by atoms with van der Waals surface area (Å²) in [6.07, 6.45) is 6.71. The molecule has 0 heterocycles. The van der Waals surface area contributed by atoms with E-state index in [4.69, 9.17) is 11.6 Å². The second-order valence-corrected chi connectivity index (χ2v) is 6.24. The summed E-state index contributed by atoms with van der Waals surface area (Å²) in [5.41, 5.74) is 0.623. The van der Waals surface area contributed by atoms with E-state index in [0.717, 1.165) is 12.8 Å². The van der Waals surface area contributed by atoms with E-state index in [0.29, 0.717) is 16.0 Å². The van der Waals surface area contributed by atoms with Crippen LogP contribution in [0.5, 0.6) is 0 Å². The van der Waals surface area contributed by atoms with Crippen LogP contribution in [0.15, 0.2) is 18.2 Å². The van der Waals surface area contributed by atoms with Crippen molar-refractivity contribution in [2.75, 3.05) is 11.6 Å². The van der Waals surface area contributed by atoms with Crippen LogP contribution in [0.1, 0.15) is 25.7 Å². The molecule has 2 rings (SSSR count). The average molecular weight is 301 g/mol. The van der Waals surface area contributed by atoms with Gasteiger partial charge in [0.2, 0.25) is 0 Å². The van der Waals surface area contributed by atoms with Crippen molar-refractivity contribution in [3.05, 3.63) is 33.3 Å². The maximum Gasteiger partial charge on any atom is 0.292 e. The van der Waals surface area contributed by atoms with Gasteiger partial charge in [-0.2, -0.15) is 11.8 Å². The maximum absolute atomic E-state index is 11.0. The van der Waals surface area contributed by atoms with Crippen LogP contribution in [0.25, 0.3) is 0 Å². The summed E-state index contributed by atoms with van der Waals surface area (Å²) in [5.74, 6) is 0. The van der Waals surface area contributed by atoms with Gasteiger partial charge in [-0.15, -0.1) is 0 Å². The number of nitro benzene ring substituents is 1. The maximum atomic E-state index is 11.0. The molecule has 0 amide bonds. The van der Waals surface area contributed by atoms with Crippen LogP contribution in [0.4, 0.5) is 11.4 Å². The molecule has 2 atom stereocenters. The van der Waals surface area contributed by atoms with Gasteiger partial charge in [-0.25, -0.2) is 0 Å². The van der Waals surface area contributed by atoms with Crippen LogP contribution in [0, 0.1) is 10.1 Å². The van der Waals surface area contributed by atoms with Gasteiger partial charge in [0.15, 0.2) is 0 Å². The van der Waals surface area contributed by atoms with Gasteiger partial charge in [0.25, 0.3) is 5.69 Å². The Hall–Kier alpha value is -0.940. The minimum Gasteiger partial charge on any atom is -0.376 e.